The molecule has 0 atom stereocenters. The van der Waals surface area contributed by atoms with Crippen molar-refractivity contribution >= 4 is 22.6 Å². The van der Waals surface area contributed by atoms with Crippen molar-refractivity contribution in [1.29, 1.82) is 0 Å². The number of aryl methyl sites for hydroxylation is 1. The maximum Gasteiger partial charge on any atom is 0.253 e. The van der Waals surface area contributed by atoms with E-state index in [1.165, 1.54) is 11.3 Å². The number of anilines is 1. The molecule has 37 heavy (non-hydrogen) atoms. The topological polar surface area (TPSA) is 64.7 Å². The van der Waals surface area contributed by atoms with Gasteiger partial charge in [-0.2, -0.15) is 0 Å². The summed E-state index contributed by atoms with van der Waals surface area (Å²) >= 11 is 0. The normalized spacial score (nSPS) is 14.2. The van der Waals surface area contributed by atoms with Crippen molar-refractivity contribution in [3.63, 3.8) is 0 Å². The number of piperazine rings is 1. The fraction of sp³-hybridized carbons (Fsp3) is 0.333. The Morgan fingerprint density at radius 3 is 2.43 bits per heavy atom. The number of nitrogens with zero attached hydrogens (tertiary/aromatic N) is 4. The van der Waals surface area contributed by atoms with Gasteiger partial charge in [-0.25, -0.2) is 4.98 Å². The number of aromatic nitrogens is 2. The van der Waals surface area contributed by atoms with Crippen LogP contribution in [0, 0.1) is 6.92 Å². The number of hydrogen-bond acceptors (Lipinski definition) is 5. The summed E-state index contributed by atoms with van der Waals surface area (Å²) in [5.41, 5.74) is 8.15. The maximum atomic E-state index is 12.3. The maximum absolute atomic E-state index is 12.3. The quantitative estimate of drug-likeness (QED) is 0.404. The second-order valence-electron chi connectivity index (χ2n) is 9.96. The molecule has 0 saturated carbocycles. The molecule has 7 nitrogen and oxygen atoms in total. The average Bonchev–Trinajstić information content (AvgIpc) is 3.32. The van der Waals surface area contributed by atoms with E-state index in [-0.39, 0.29) is 5.91 Å². The first-order valence-electron chi connectivity index (χ1n) is 12.9. The van der Waals surface area contributed by atoms with Crippen molar-refractivity contribution in [3.8, 4) is 28.0 Å². The smallest absolute Gasteiger partial charge is 0.253 e. The molecule has 2 aromatic carbocycles. The van der Waals surface area contributed by atoms with E-state index >= 15 is 0 Å². The Morgan fingerprint density at radius 1 is 1.03 bits per heavy atom. The predicted octanol–water partition coefficient (Wildman–Crippen LogP) is 5.06. The van der Waals surface area contributed by atoms with Crippen LogP contribution in [0.2, 0.25) is 0 Å². The molecule has 3 heterocycles. The number of likely N-dealkylation sites (N-methyl/N-ethyl adjacent to an activating group) is 1. The molecule has 0 spiro atoms. The number of amides is 1. The third-order valence-corrected chi connectivity index (χ3v) is 7.10. The van der Waals surface area contributed by atoms with Gasteiger partial charge in [0.25, 0.3) is 5.91 Å². The fourth-order valence-corrected chi connectivity index (χ4v) is 5.07. The molecule has 192 valence electrons. The van der Waals surface area contributed by atoms with Gasteiger partial charge in [-0.3, -0.25) is 4.79 Å². The highest BCUT2D eigenvalue weighted by molar-refractivity contribution is 5.98. The highest BCUT2D eigenvalue weighted by Gasteiger charge is 2.21. The lowest BCUT2D eigenvalue weighted by Gasteiger charge is -2.36. The van der Waals surface area contributed by atoms with Crippen LogP contribution in [0.3, 0.4) is 0 Å². The van der Waals surface area contributed by atoms with Gasteiger partial charge in [0.2, 0.25) is 0 Å². The van der Waals surface area contributed by atoms with E-state index in [4.69, 9.17) is 9.72 Å². The first-order chi connectivity index (χ1) is 17.9. The molecule has 0 unspecified atom stereocenters. The van der Waals surface area contributed by atoms with Crippen molar-refractivity contribution in [2.24, 2.45) is 0 Å². The summed E-state index contributed by atoms with van der Waals surface area (Å²) in [4.78, 5) is 26.7. The molecule has 1 aliphatic heterocycles. The van der Waals surface area contributed by atoms with Crippen molar-refractivity contribution in [1.82, 2.24) is 19.8 Å². The number of aromatic amines is 1. The SMILES string of the molecule is CCOc1cc(-c2cnc3[nH]cc(-c4ccc(C(=O)N(C)C)cc4)c3c2)cc(C)c1N1CCN(C)CC1. The van der Waals surface area contributed by atoms with Crippen molar-refractivity contribution < 1.29 is 9.53 Å². The van der Waals surface area contributed by atoms with Crippen LogP contribution >= 0.6 is 0 Å². The van der Waals surface area contributed by atoms with E-state index in [1.807, 2.05) is 43.6 Å². The molecule has 1 aliphatic rings. The second kappa shape index (κ2) is 10.3. The lowest BCUT2D eigenvalue weighted by molar-refractivity contribution is 0.0827. The van der Waals surface area contributed by atoms with Crippen LogP contribution < -0.4 is 9.64 Å². The third-order valence-electron chi connectivity index (χ3n) is 7.10. The number of nitrogens with one attached hydrogen (secondary N) is 1. The number of rotatable bonds is 6. The largest absolute Gasteiger partial charge is 0.492 e. The van der Waals surface area contributed by atoms with E-state index in [2.05, 4.69) is 47.0 Å². The molecule has 7 heteroatoms. The number of benzene rings is 2. The minimum absolute atomic E-state index is 0.00470. The summed E-state index contributed by atoms with van der Waals surface area (Å²) in [7, 11) is 5.70. The molecule has 1 amide bonds. The van der Waals surface area contributed by atoms with Crippen LogP contribution in [0.4, 0.5) is 5.69 Å². The number of fused-ring (bicyclic) bond motifs is 1. The molecule has 4 aromatic rings. The Bertz CT molecular complexity index is 1420. The molecule has 0 radical (unpaired) electrons. The second-order valence-corrected chi connectivity index (χ2v) is 9.96. The van der Waals surface area contributed by atoms with Gasteiger partial charge in [0.1, 0.15) is 11.4 Å². The molecule has 1 fully saturated rings. The monoisotopic (exact) mass is 497 g/mol. The van der Waals surface area contributed by atoms with Crippen molar-refractivity contribution in [3.05, 3.63) is 66.0 Å². The lowest BCUT2D eigenvalue weighted by atomic mass is 9.99. The summed E-state index contributed by atoms with van der Waals surface area (Å²) in [6, 6.07) is 14.3. The minimum Gasteiger partial charge on any atom is -0.492 e. The Morgan fingerprint density at radius 2 is 1.76 bits per heavy atom. The zero-order chi connectivity index (χ0) is 26.1. The summed E-state index contributed by atoms with van der Waals surface area (Å²) < 4.78 is 6.16. The number of H-pyrrole nitrogens is 1. The Balaban J connectivity index is 1.52. The van der Waals surface area contributed by atoms with Crippen LogP contribution in [0.1, 0.15) is 22.8 Å². The molecule has 2 aromatic heterocycles. The van der Waals surface area contributed by atoms with Crippen molar-refractivity contribution in [2.75, 3.05) is 58.8 Å². The number of pyridine rings is 1. The van der Waals surface area contributed by atoms with Crippen molar-refractivity contribution in [2.45, 2.75) is 13.8 Å². The Hall–Kier alpha value is -3.84. The lowest BCUT2D eigenvalue weighted by Crippen LogP contribution is -2.44. The molecule has 0 bridgehead atoms. The number of hydrogen-bond donors (Lipinski definition) is 1. The number of carbonyl (C=O) groups is 1. The average molecular weight is 498 g/mol. The summed E-state index contributed by atoms with van der Waals surface area (Å²) in [5, 5.41) is 1.04. The molecular formula is C30H35N5O2. The van der Waals surface area contributed by atoms with Gasteiger partial charge in [-0.05, 0) is 67.9 Å². The molecule has 5 rings (SSSR count). The third kappa shape index (κ3) is 4.91. The fourth-order valence-electron chi connectivity index (χ4n) is 5.07. The van der Waals surface area contributed by atoms with Crippen LogP contribution in [-0.2, 0) is 0 Å². The summed E-state index contributed by atoms with van der Waals surface area (Å²) in [5.74, 6) is 0.924. The predicted molar refractivity (Wildman–Crippen MR) is 151 cm³/mol. The molecule has 1 saturated heterocycles. The van der Waals surface area contributed by atoms with Gasteiger partial charge in [0.15, 0.2) is 0 Å². The molecular weight excluding hydrogens is 462 g/mol. The highest BCUT2D eigenvalue weighted by Crippen LogP contribution is 2.39. The molecule has 1 N–H and O–H groups in total. The number of ether oxygens (including phenoxy) is 1. The standard InChI is InChI=1S/C30H35N5O2/c1-6-37-27-17-23(15-20(2)28(27)35-13-11-34(5)12-14-35)24-16-25-26(19-32-29(25)31-18-24)21-7-9-22(10-8-21)30(36)33(3)4/h7-10,15-19H,6,11-14H2,1-5H3,(H,31,32). The van der Waals surface area contributed by atoms with Gasteiger partial charge < -0.3 is 24.4 Å². The van der Waals surface area contributed by atoms with Crippen LogP contribution in [0.15, 0.2) is 54.9 Å². The Kier molecular flexibility index (Phi) is 6.89. The van der Waals surface area contributed by atoms with Crippen LogP contribution in [0.25, 0.3) is 33.3 Å². The van der Waals surface area contributed by atoms with E-state index in [0.29, 0.717) is 12.2 Å². The van der Waals surface area contributed by atoms with E-state index in [9.17, 15) is 4.79 Å². The highest BCUT2D eigenvalue weighted by atomic mass is 16.5. The van der Waals surface area contributed by atoms with Gasteiger partial charge in [0.05, 0.1) is 12.3 Å². The van der Waals surface area contributed by atoms with E-state index in [1.54, 1.807) is 19.0 Å². The van der Waals surface area contributed by atoms with E-state index in [0.717, 1.165) is 65.2 Å². The first kappa shape index (κ1) is 24.8. The summed E-state index contributed by atoms with van der Waals surface area (Å²) in [6.45, 7) is 8.92. The van der Waals surface area contributed by atoms with E-state index < -0.39 is 0 Å². The van der Waals surface area contributed by atoms with Gasteiger partial charge >= 0.3 is 0 Å². The van der Waals surface area contributed by atoms with Gasteiger partial charge in [-0.15, -0.1) is 0 Å². The zero-order valence-electron chi connectivity index (χ0n) is 22.3. The first-order valence-corrected chi connectivity index (χ1v) is 12.9. The van der Waals surface area contributed by atoms with Gasteiger partial charge in [-0.1, -0.05) is 12.1 Å². The van der Waals surface area contributed by atoms with Gasteiger partial charge in [0, 0.05) is 74.7 Å². The van der Waals surface area contributed by atoms with Crippen LogP contribution in [-0.4, -0.2) is 79.6 Å². The Labute approximate surface area is 218 Å². The number of carbonyl (C=O) groups excluding carboxylic acids is 1. The summed E-state index contributed by atoms with van der Waals surface area (Å²) in [6.07, 6.45) is 3.90. The zero-order valence-corrected chi connectivity index (χ0v) is 22.3. The molecule has 0 aliphatic carbocycles. The van der Waals surface area contributed by atoms with Crippen LogP contribution in [0.5, 0.6) is 5.75 Å². The minimum atomic E-state index is -0.00470.